The highest BCUT2D eigenvalue weighted by atomic mass is 16.5. The minimum Gasteiger partial charge on any atom is -0.496 e. The summed E-state index contributed by atoms with van der Waals surface area (Å²) in [7, 11) is 1.67. The maximum atomic E-state index is 11.2. The number of aryl methyl sites for hydroxylation is 2. The zero-order chi connectivity index (χ0) is 13.5. The van der Waals surface area contributed by atoms with Crippen LogP contribution in [0.2, 0.25) is 0 Å². The molecule has 98 valence electrons. The SMILES string of the molecule is CCOC(=O)CC=Cc1cc(C)c(OC)c(C)c1. The van der Waals surface area contributed by atoms with Crippen molar-refractivity contribution < 1.29 is 14.3 Å². The molecule has 0 saturated carbocycles. The van der Waals surface area contributed by atoms with Gasteiger partial charge in [0.2, 0.25) is 0 Å². The predicted octanol–water partition coefficient (Wildman–Crippen LogP) is 3.28. The zero-order valence-electron chi connectivity index (χ0n) is 11.4. The van der Waals surface area contributed by atoms with Crippen LogP contribution in [0.15, 0.2) is 18.2 Å². The highest BCUT2D eigenvalue weighted by molar-refractivity contribution is 5.72. The standard InChI is InChI=1S/C15H20O3/c1-5-18-14(16)8-6-7-13-9-11(2)15(17-4)12(3)10-13/h6-7,9-10H,5,8H2,1-4H3. The molecule has 0 N–H and O–H groups in total. The van der Waals surface area contributed by atoms with E-state index in [4.69, 9.17) is 9.47 Å². The van der Waals surface area contributed by atoms with Crippen LogP contribution in [0.4, 0.5) is 0 Å². The van der Waals surface area contributed by atoms with E-state index in [1.165, 1.54) is 0 Å². The summed E-state index contributed by atoms with van der Waals surface area (Å²) in [6.45, 7) is 6.24. The van der Waals surface area contributed by atoms with Gasteiger partial charge in [-0.2, -0.15) is 0 Å². The first-order valence-electron chi connectivity index (χ1n) is 6.05. The number of esters is 1. The Hall–Kier alpha value is -1.77. The number of methoxy groups -OCH3 is 1. The lowest BCUT2D eigenvalue weighted by Crippen LogP contribution is -2.01. The summed E-state index contributed by atoms with van der Waals surface area (Å²) in [5.74, 6) is 0.716. The summed E-state index contributed by atoms with van der Waals surface area (Å²) >= 11 is 0. The fourth-order valence-electron chi connectivity index (χ4n) is 1.91. The van der Waals surface area contributed by atoms with E-state index in [0.717, 1.165) is 22.4 Å². The second kappa shape index (κ2) is 6.84. The third kappa shape index (κ3) is 3.91. The molecular formula is C15H20O3. The van der Waals surface area contributed by atoms with Gasteiger partial charge in [-0.25, -0.2) is 0 Å². The summed E-state index contributed by atoms with van der Waals surface area (Å²) in [6, 6.07) is 4.07. The Kier molecular flexibility index (Phi) is 5.43. The van der Waals surface area contributed by atoms with E-state index < -0.39 is 0 Å². The number of hydrogen-bond donors (Lipinski definition) is 0. The molecule has 0 fully saturated rings. The van der Waals surface area contributed by atoms with Gasteiger partial charge in [0.05, 0.1) is 20.1 Å². The van der Waals surface area contributed by atoms with Crippen molar-refractivity contribution in [2.75, 3.05) is 13.7 Å². The molecule has 0 aliphatic carbocycles. The average Bonchev–Trinajstić information content (AvgIpc) is 2.29. The second-order valence-corrected chi connectivity index (χ2v) is 4.10. The maximum Gasteiger partial charge on any atom is 0.309 e. The highest BCUT2D eigenvalue weighted by Crippen LogP contribution is 2.24. The first kappa shape index (κ1) is 14.3. The van der Waals surface area contributed by atoms with E-state index in [0.29, 0.717) is 13.0 Å². The van der Waals surface area contributed by atoms with Crippen LogP contribution in [0.3, 0.4) is 0 Å². The lowest BCUT2D eigenvalue weighted by atomic mass is 10.1. The Balaban J connectivity index is 2.74. The van der Waals surface area contributed by atoms with Crippen LogP contribution >= 0.6 is 0 Å². The van der Waals surface area contributed by atoms with E-state index in [9.17, 15) is 4.79 Å². The third-order valence-electron chi connectivity index (χ3n) is 2.59. The molecule has 0 aromatic heterocycles. The van der Waals surface area contributed by atoms with Crippen LogP contribution in [-0.4, -0.2) is 19.7 Å². The summed E-state index contributed by atoms with van der Waals surface area (Å²) in [4.78, 5) is 11.2. The van der Waals surface area contributed by atoms with Gasteiger partial charge in [0.25, 0.3) is 0 Å². The van der Waals surface area contributed by atoms with Gasteiger partial charge in [-0.1, -0.05) is 12.2 Å². The van der Waals surface area contributed by atoms with Gasteiger partial charge >= 0.3 is 5.97 Å². The number of hydrogen-bond acceptors (Lipinski definition) is 3. The first-order chi connectivity index (χ1) is 8.58. The molecule has 0 spiro atoms. The molecule has 0 aliphatic heterocycles. The lowest BCUT2D eigenvalue weighted by molar-refractivity contribution is -0.142. The molecule has 1 rings (SSSR count). The Morgan fingerprint density at radius 2 is 1.89 bits per heavy atom. The van der Waals surface area contributed by atoms with E-state index in [-0.39, 0.29) is 5.97 Å². The number of carbonyl (C=O) groups is 1. The molecule has 3 heteroatoms. The van der Waals surface area contributed by atoms with E-state index in [1.54, 1.807) is 14.0 Å². The van der Waals surface area contributed by atoms with Crippen molar-refractivity contribution in [1.29, 1.82) is 0 Å². The zero-order valence-corrected chi connectivity index (χ0v) is 11.4. The van der Waals surface area contributed by atoms with Crippen LogP contribution in [-0.2, 0) is 9.53 Å². The number of benzene rings is 1. The molecule has 0 unspecified atom stereocenters. The summed E-state index contributed by atoms with van der Waals surface area (Å²) < 4.78 is 10.2. The second-order valence-electron chi connectivity index (χ2n) is 4.10. The smallest absolute Gasteiger partial charge is 0.309 e. The van der Waals surface area contributed by atoms with Crippen molar-refractivity contribution in [3.63, 3.8) is 0 Å². The summed E-state index contributed by atoms with van der Waals surface area (Å²) in [5, 5.41) is 0. The Labute approximate surface area is 108 Å². The van der Waals surface area contributed by atoms with Gasteiger partial charge in [0.1, 0.15) is 5.75 Å². The molecule has 0 bridgehead atoms. The largest absolute Gasteiger partial charge is 0.496 e. The molecule has 0 saturated heterocycles. The molecule has 3 nitrogen and oxygen atoms in total. The topological polar surface area (TPSA) is 35.5 Å². The molecule has 0 radical (unpaired) electrons. The Bertz CT molecular complexity index is 424. The molecule has 0 aliphatic rings. The molecule has 18 heavy (non-hydrogen) atoms. The first-order valence-corrected chi connectivity index (χ1v) is 6.05. The van der Waals surface area contributed by atoms with Crippen LogP contribution in [0.25, 0.3) is 6.08 Å². The molecule has 1 aromatic carbocycles. The summed E-state index contributed by atoms with van der Waals surface area (Å²) in [5.41, 5.74) is 3.25. The van der Waals surface area contributed by atoms with E-state index in [2.05, 4.69) is 0 Å². The number of carbonyl (C=O) groups excluding carboxylic acids is 1. The molecule has 0 amide bonds. The van der Waals surface area contributed by atoms with E-state index in [1.807, 2.05) is 38.1 Å². The monoisotopic (exact) mass is 248 g/mol. The van der Waals surface area contributed by atoms with Gasteiger partial charge in [0.15, 0.2) is 0 Å². The van der Waals surface area contributed by atoms with Crippen LogP contribution in [0, 0.1) is 13.8 Å². The fourth-order valence-corrected chi connectivity index (χ4v) is 1.91. The van der Waals surface area contributed by atoms with Crippen LogP contribution in [0.1, 0.15) is 30.0 Å². The predicted molar refractivity (Wildman–Crippen MR) is 72.8 cm³/mol. The third-order valence-corrected chi connectivity index (χ3v) is 2.59. The van der Waals surface area contributed by atoms with E-state index >= 15 is 0 Å². The van der Waals surface area contributed by atoms with Gasteiger partial charge in [-0.05, 0) is 49.6 Å². The number of ether oxygens (including phenoxy) is 2. The Morgan fingerprint density at radius 1 is 1.28 bits per heavy atom. The van der Waals surface area contributed by atoms with Gasteiger partial charge in [-0.3, -0.25) is 4.79 Å². The summed E-state index contributed by atoms with van der Waals surface area (Å²) in [6.07, 6.45) is 4.05. The maximum absolute atomic E-state index is 11.2. The van der Waals surface area contributed by atoms with Gasteiger partial charge in [0, 0.05) is 0 Å². The lowest BCUT2D eigenvalue weighted by Gasteiger charge is -2.09. The molecule has 1 aromatic rings. The van der Waals surface area contributed by atoms with Crippen molar-refractivity contribution in [1.82, 2.24) is 0 Å². The van der Waals surface area contributed by atoms with Crippen molar-refractivity contribution in [3.8, 4) is 5.75 Å². The van der Waals surface area contributed by atoms with Crippen LogP contribution in [0.5, 0.6) is 5.75 Å². The Morgan fingerprint density at radius 3 is 2.39 bits per heavy atom. The highest BCUT2D eigenvalue weighted by Gasteiger charge is 2.03. The van der Waals surface area contributed by atoms with Crippen molar-refractivity contribution in [2.45, 2.75) is 27.2 Å². The quantitative estimate of drug-likeness (QED) is 0.750. The normalized spacial score (nSPS) is 10.7. The molecule has 0 atom stereocenters. The van der Waals surface area contributed by atoms with Crippen molar-refractivity contribution >= 4 is 12.0 Å². The van der Waals surface area contributed by atoms with Crippen molar-refractivity contribution in [3.05, 3.63) is 34.9 Å². The minimum atomic E-state index is -0.198. The van der Waals surface area contributed by atoms with Gasteiger partial charge < -0.3 is 9.47 Å². The van der Waals surface area contributed by atoms with Crippen molar-refractivity contribution in [2.24, 2.45) is 0 Å². The van der Waals surface area contributed by atoms with Crippen LogP contribution < -0.4 is 4.74 Å². The average molecular weight is 248 g/mol. The number of rotatable bonds is 5. The molecular weight excluding hydrogens is 228 g/mol. The van der Waals surface area contributed by atoms with Gasteiger partial charge in [-0.15, -0.1) is 0 Å². The fraction of sp³-hybridized carbons (Fsp3) is 0.400. The minimum absolute atomic E-state index is 0.198. The molecule has 0 heterocycles.